The SMILES string of the molecule is Cc1cccc(NC(=S)NCc2ccc(C)n2C)c1C. The fourth-order valence-electron chi connectivity index (χ4n) is 2.07. The standard InChI is InChI=1S/C16H21N3S/c1-11-6-5-7-15(13(11)3)18-16(20)17-10-14-9-8-12(2)19(14)4/h5-9H,10H2,1-4H3,(H2,17,18,20). The van der Waals surface area contributed by atoms with Crippen molar-refractivity contribution in [2.75, 3.05) is 5.32 Å². The van der Waals surface area contributed by atoms with Gasteiger partial charge in [0, 0.05) is 24.1 Å². The summed E-state index contributed by atoms with van der Waals surface area (Å²) in [6.45, 7) is 7.02. The van der Waals surface area contributed by atoms with E-state index in [1.807, 2.05) is 12.1 Å². The molecule has 0 bridgehead atoms. The van der Waals surface area contributed by atoms with Crippen molar-refractivity contribution in [3.05, 3.63) is 52.8 Å². The van der Waals surface area contributed by atoms with Crippen molar-refractivity contribution in [2.24, 2.45) is 7.05 Å². The third kappa shape index (κ3) is 3.20. The van der Waals surface area contributed by atoms with E-state index in [-0.39, 0.29) is 0 Å². The summed E-state index contributed by atoms with van der Waals surface area (Å²) in [5.74, 6) is 0. The van der Waals surface area contributed by atoms with Gasteiger partial charge in [0.25, 0.3) is 0 Å². The van der Waals surface area contributed by atoms with Gasteiger partial charge >= 0.3 is 0 Å². The predicted molar refractivity (Wildman–Crippen MR) is 89.1 cm³/mol. The van der Waals surface area contributed by atoms with Crippen molar-refractivity contribution in [3.8, 4) is 0 Å². The molecule has 1 heterocycles. The number of aryl methyl sites for hydroxylation is 2. The minimum atomic E-state index is 0.651. The molecular formula is C16H21N3S. The Hall–Kier alpha value is -1.81. The maximum absolute atomic E-state index is 5.36. The minimum absolute atomic E-state index is 0.651. The van der Waals surface area contributed by atoms with Gasteiger partial charge in [0.2, 0.25) is 0 Å². The van der Waals surface area contributed by atoms with Gasteiger partial charge in [-0.3, -0.25) is 0 Å². The second-order valence-electron chi connectivity index (χ2n) is 5.08. The molecule has 0 fully saturated rings. The number of nitrogens with one attached hydrogen (secondary N) is 2. The zero-order chi connectivity index (χ0) is 14.7. The number of anilines is 1. The maximum atomic E-state index is 5.36. The van der Waals surface area contributed by atoms with Gasteiger partial charge in [-0.1, -0.05) is 12.1 Å². The molecule has 20 heavy (non-hydrogen) atoms. The first-order chi connectivity index (χ1) is 9.49. The van der Waals surface area contributed by atoms with Crippen molar-refractivity contribution >= 4 is 23.0 Å². The molecule has 2 aromatic rings. The fraction of sp³-hybridized carbons (Fsp3) is 0.312. The van der Waals surface area contributed by atoms with Gasteiger partial charge in [-0.2, -0.15) is 0 Å². The number of aromatic nitrogens is 1. The van der Waals surface area contributed by atoms with Crippen molar-refractivity contribution in [1.29, 1.82) is 0 Å². The Bertz CT molecular complexity index is 629. The Morgan fingerprint density at radius 1 is 1.15 bits per heavy atom. The summed E-state index contributed by atoms with van der Waals surface area (Å²) in [6.07, 6.45) is 0. The van der Waals surface area contributed by atoms with Crippen LogP contribution in [0.1, 0.15) is 22.5 Å². The van der Waals surface area contributed by atoms with Gasteiger partial charge in [-0.25, -0.2) is 0 Å². The first-order valence-corrected chi connectivity index (χ1v) is 7.12. The molecule has 0 unspecified atom stereocenters. The lowest BCUT2D eigenvalue weighted by Crippen LogP contribution is -2.29. The largest absolute Gasteiger partial charge is 0.357 e. The molecule has 0 spiro atoms. The van der Waals surface area contributed by atoms with Crippen LogP contribution in [0, 0.1) is 20.8 Å². The van der Waals surface area contributed by atoms with Crippen LogP contribution in [-0.2, 0) is 13.6 Å². The Balaban J connectivity index is 1.96. The molecule has 3 nitrogen and oxygen atoms in total. The van der Waals surface area contributed by atoms with Gasteiger partial charge in [-0.15, -0.1) is 0 Å². The molecule has 0 radical (unpaired) electrons. The third-order valence-corrected chi connectivity index (χ3v) is 4.01. The first kappa shape index (κ1) is 14.6. The molecule has 2 N–H and O–H groups in total. The zero-order valence-electron chi connectivity index (χ0n) is 12.4. The smallest absolute Gasteiger partial charge is 0.171 e. The van der Waals surface area contributed by atoms with Gasteiger partial charge in [0.15, 0.2) is 5.11 Å². The zero-order valence-corrected chi connectivity index (χ0v) is 13.3. The molecule has 2 rings (SSSR count). The summed E-state index contributed by atoms with van der Waals surface area (Å²) < 4.78 is 2.16. The van der Waals surface area contributed by atoms with Crippen LogP contribution >= 0.6 is 12.2 Å². The lowest BCUT2D eigenvalue weighted by Gasteiger charge is -2.14. The van der Waals surface area contributed by atoms with Crippen LogP contribution in [0.5, 0.6) is 0 Å². The van der Waals surface area contributed by atoms with Crippen LogP contribution in [0.2, 0.25) is 0 Å². The highest BCUT2D eigenvalue weighted by Gasteiger charge is 2.04. The van der Waals surface area contributed by atoms with Crippen molar-refractivity contribution in [1.82, 2.24) is 9.88 Å². The fourth-order valence-corrected chi connectivity index (χ4v) is 2.25. The van der Waals surface area contributed by atoms with E-state index in [0.717, 1.165) is 12.2 Å². The van der Waals surface area contributed by atoms with E-state index in [4.69, 9.17) is 12.2 Å². The highest BCUT2D eigenvalue weighted by atomic mass is 32.1. The number of thiocarbonyl (C=S) groups is 1. The van der Waals surface area contributed by atoms with Gasteiger partial charge in [0.1, 0.15) is 0 Å². The summed E-state index contributed by atoms with van der Waals surface area (Å²) in [7, 11) is 2.06. The molecule has 0 amide bonds. The quantitative estimate of drug-likeness (QED) is 0.847. The van der Waals surface area contributed by atoms with E-state index >= 15 is 0 Å². The van der Waals surface area contributed by atoms with Crippen LogP contribution in [0.25, 0.3) is 0 Å². The summed E-state index contributed by atoms with van der Waals surface area (Å²) in [6, 6.07) is 10.4. The summed E-state index contributed by atoms with van der Waals surface area (Å²) in [5, 5.41) is 7.16. The van der Waals surface area contributed by atoms with Crippen LogP contribution in [0.3, 0.4) is 0 Å². The molecule has 106 valence electrons. The predicted octanol–water partition coefficient (Wildman–Crippen LogP) is 3.44. The molecule has 0 saturated carbocycles. The lowest BCUT2D eigenvalue weighted by molar-refractivity contribution is 0.764. The maximum Gasteiger partial charge on any atom is 0.171 e. The van der Waals surface area contributed by atoms with Crippen LogP contribution in [0.15, 0.2) is 30.3 Å². The Morgan fingerprint density at radius 2 is 1.90 bits per heavy atom. The average molecular weight is 287 g/mol. The number of nitrogens with zero attached hydrogens (tertiary/aromatic N) is 1. The van der Waals surface area contributed by atoms with Crippen molar-refractivity contribution in [3.63, 3.8) is 0 Å². The number of hydrogen-bond acceptors (Lipinski definition) is 1. The van der Waals surface area contributed by atoms with Crippen molar-refractivity contribution in [2.45, 2.75) is 27.3 Å². The Kier molecular flexibility index (Phi) is 4.45. The molecule has 0 atom stereocenters. The number of benzene rings is 1. The summed E-state index contributed by atoms with van der Waals surface area (Å²) in [4.78, 5) is 0. The Morgan fingerprint density at radius 3 is 2.55 bits per heavy atom. The van der Waals surface area contributed by atoms with E-state index < -0.39 is 0 Å². The molecule has 4 heteroatoms. The van der Waals surface area contributed by atoms with E-state index in [0.29, 0.717) is 5.11 Å². The molecule has 1 aromatic heterocycles. The van der Waals surface area contributed by atoms with E-state index in [1.54, 1.807) is 0 Å². The molecule has 0 aliphatic heterocycles. The van der Waals surface area contributed by atoms with Crippen LogP contribution in [0.4, 0.5) is 5.69 Å². The lowest BCUT2D eigenvalue weighted by atomic mass is 10.1. The minimum Gasteiger partial charge on any atom is -0.357 e. The number of hydrogen-bond donors (Lipinski definition) is 2. The van der Waals surface area contributed by atoms with E-state index in [2.05, 4.69) is 61.2 Å². The van der Waals surface area contributed by atoms with Gasteiger partial charge < -0.3 is 15.2 Å². The monoisotopic (exact) mass is 287 g/mol. The molecule has 0 aliphatic carbocycles. The molecule has 1 aromatic carbocycles. The van der Waals surface area contributed by atoms with Crippen molar-refractivity contribution < 1.29 is 0 Å². The van der Waals surface area contributed by atoms with E-state index in [9.17, 15) is 0 Å². The molecule has 0 saturated heterocycles. The molecule has 0 aliphatic rings. The molecular weight excluding hydrogens is 266 g/mol. The normalized spacial score (nSPS) is 10.4. The first-order valence-electron chi connectivity index (χ1n) is 6.71. The highest BCUT2D eigenvalue weighted by Crippen LogP contribution is 2.17. The topological polar surface area (TPSA) is 29.0 Å². The van der Waals surface area contributed by atoms with E-state index in [1.165, 1.54) is 22.5 Å². The average Bonchev–Trinajstić information content (AvgIpc) is 2.73. The van der Waals surface area contributed by atoms with Gasteiger partial charge in [-0.05, 0) is 62.3 Å². The van der Waals surface area contributed by atoms with Gasteiger partial charge in [0.05, 0.1) is 6.54 Å². The Labute approximate surface area is 126 Å². The summed E-state index contributed by atoms with van der Waals surface area (Å²) in [5.41, 5.74) is 6.01. The summed E-state index contributed by atoms with van der Waals surface area (Å²) >= 11 is 5.36. The second kappa shape index (κ2) is 6.09. The highest BCUT2D eigenvalue weighted by molar-refractivity contribution is 7.80. The third-order valence-electron chi connectivity index (χ3n) is 3.76. The van der Waals surface area contributed by atoms with Crippen LogP contribution in [-0.4, -0.2) is 9.68 Å². The van der Waals surface area contributed by atoms with Crippen LogP contribution < -0.4 is 10.6 Å². The second-order valence-corrected chi connectivity index (χ2v) is 5.49. The number of rotatable bonds is 3.